The third-order valence-corrected chi connectivity index (χ3v) is 8.39. The van der Waals surface area contributed by atoms with Crippen LogP contribution < -0.4 is 5.48 Å². The molecule has 2 N–H and O–H groups in total. The number of sulfone groups is 2. The van der Waals surface area contributed by atoms with Crippen molar-refractivity contribution in [3.63, 3.8) is 0 Å². The molecule has 146 valence electrons. The van der Waals surface area contributed by atoms with Gasteiger partial charge in [0.15, 0.2) is 19.7 Å². The number of carbonyl (C=O) groups excluding carboxylic acids is 1. The summed E-state index contributed by atoms with van der Waals surface area (Å²) in [5.41, 5.74) is 1.35. The van der Waals surface area contributed by atoms with E-state index in [1.54, 1.807) is 0 Å². The summed E-state index contributed by atoms with van der Waals surface area (Å²) in [6.07, 6.45) is 0. The predicted octanol–water partition coefficient (Wildman–Crippen LogP) is 2.58. The molecule has 0 aliphatic heterocycles. The number of amides is 1. The smallest absolute Gasteiger partial charge is 0.248 e. The van der Waals surface area contributed by atoms with Gasteiger partial charge in [-0.1, -0.05) is 31.9 Å². The fourth-order valence-electron chi connectivity index (χ4n) is 2.30. The molecule has 7 nitrogen and oxygen atoms in total. The van der Waals surface area contributed by atoms with Gasteiger partial charge in [-0.2, -0.15) is 0 Å². The van der Waals surface area contributed by atoms with E-state index in [4.69, 9.17) is 5.21 Å². The summed E-state index contributed by atoms with van der Waals surface area (Å²) in [6.45, 7) is 0. The van der Waals surface area contributed by atoms with Gasteiger partial charge < -0.3 is 0 Å². The Labute approximate surface area is 173 Å². The van der Waals surface area contributed by atoms with Crippen molar-refractivity contribution in [2.24, 2.45) is 5.92 Å². The molecular weight excluding hydrogens is 526 g/mol. The Morgan fingerprint density at radius 2 is 1.15 bits per heavy atom. The van der Waals surface area contributed by atoms with Gasteiger partial charge in [0, 0.05) is 8.95 Å². The van der Waals surface area contributed by atoms with Crippen molar-refractivity contribution in [1.82, 2.24) is 5.48 Å². The summed E-state index contributed by atoms with van der Waals surface area (Å²) in [7, 11) is -7.91. The highest BCUT2D eigenvalue weighted by molar-refractivity contribution is 9.10. The third kappa shape index (κ3) is 5.85. The first-order valence-electron chi connectivity index (χ1n) is 7.46. The number of hydroxylamine groups is 1. The van der Waals surface area contributed by atoms with Gasteiger partial charge in [0.2, 0.25) is 5.91 Å². The second-order valence-corrected chi connectivity index (χ2v) is 11.5. The Kier molecular flexibility index (Phi) is 7.20. The molecule has 0 unspecified atom stereocenters. The normalized spacial score (nSPS) is 12.1. The zero-order valence-corrected chi connectivity index (χ0v) is 18.5. The molecule has 27 heavy (non-hydrogen) atoms. The second-order valence-electron chi connectivity index (χ2n) is 5.64. The van der Waals surface area contributed by atoms with Crippen molar-refractivity contribution in [2.75, 3.05) is 11.5 Å². The minimum atomic E-state index is -3.96. The summed E-state index contributed by atoms with van der Waals surface area (Å²) in [6, 6.07) is 11.5. The Bertz CT molecular complexity index is 942. The Hall–Kier alpha value is -1.27. The van der Waals surface area contributed by atoms with Crippen LogP contribution in [0.4, 0.5) is 0 Å². The molecule has 2 aromatic carbocycles. The van der Waals surface area contributed by atoms with Crippen molar-refractivity contribution in [3.8, 4) is 0 Å². The third-order valence-electron chi connectivity index (χ3n) is 3.67. The van der Waals surface area contributed by atoms with Gasteiger partial charge in [-0.15, -0.1) is 0 Å². The Morgan fingerprint density at radius 3 is 1.44 bits per heavy atom. The van der Waals surface area contributed by atoms with Gasteiger partial charge in [-0.3, -0.25) is 10.0 Å². The summed E-state index contributed by atoms with van der Waals surface area (Å²) < 4.78 is 51.6. The lowest BCUT2D eigenvalue weighted by Gasteiger charge is -2.16. The average molecular weight is 541 g/mol. The standard InChI is InChI=1S/C16H15Br2NO6S2/c17-12-1-5-14(6-2-12)26(22,23)9-11(16(20)19-21)10-27(24,25)15-7-3-13(18)4-8-15/h1-8,11,21H,9-10H2,(H,19,20). The van der Waals surface area contributed by atoms with Crippen LogP contribution in [0.15, 0.2) is 67.3 Å². The van der Waals surface area contributed by atoms with Crippen LogP contribution >= 0.6 is 31.9 Å². The van der Waals surface area contributed by atoms with Crippen LogP contribution in [0.25, 0.3) is 0 Å². The SMILES string of the molecule is O=C(NO)C(CS(=O)(=O)c1ccc(Br)cc1)CS(=O)(=O)c1ccc(Br)cc1. The molecule has 11 heteroatoms. The van der Waals surface area contributed by atoms with Crippen molar-refractivity contribution < 1.29 is 26.8 Å². The first kappa shape index (κ1) is 22.0. The van der Waals surface area contributed by atoms with E-state index in [1.807, 2.05) is 0 Å². The van der Waals surface area contributed by atoms with E-state index in [9.17, 15) is 21.6 Å². The molecule has 0 fully saturated rings. The highest BCUT2D eigenvalue weighted by Gasteiger charge is 2.32. The number of halogens is 2. The molecule has 0 bridgehead atoms. The summed E-state index contributed by atoms with van der Waals surface area (Å²) in [4.78, 5) is 11.8. The van der Waals surface area contributed by atoms with E-state index in [-0.39, 0.29) is 9.79 Å². The zero-order chi connectivity index (χ0) is 20.2. The van der Waals surface area contributed by atoms with E-state index in [1.165, 1.54) is 54.0 Å². The molecule has 2 aromatic rings. The monoisotopic (exact) mass is 539 g/mol. The van der Waals surface area contributed by atoms with Crippen LogP contribution in [0.1, 0.15) is 0 Å². The molecule has 0 aromatic heterocycles. The quantitative estimate of drug-likeness (QED) is 0.411. The van der Waals surface area contributed by atoms with Crippen molar-refractivity contribution in [2.45, 2.75) is 9.79 Å². The second kappa shape index (κ2) is 8.82. The molecule has 0 saturated carbocycles. The van der Waals surface area contributed by atoms with Gasteiger partial charge in [0.05, 0.1) is 27.2 Å². The molecule has 0 spiro atoms. The van der Waals surface area contributed by atoms with Gasteiger partial charge in [0.25, 0.3) is 0 Å². The fourth-order valence-corrected chi connectivity index (χ4v) is 6.06. The summed E-state index contributed by atoms with van der Waals surface area (Å²) in [5.74, 6) is -4.11. The van der Waals surface area contributed by atoms with Crippen LogP contribution in [0.5, 0.6) is 0 Å². The summed E-state index contributed by atoms with van der Waals surface area (Å²) in [5, 5.41) is 8.91. The molecule has 0 aliphatic carbocycles. The van der Waals surface area contributed by atoms with Crippen molar-refractivity contribution >= 4 is 57.4 Å². The molecule has 2 rings (SSSR count). The van der Waals surface area contributed by atoms with Gasteiger partial charge in [-0.25, -0.2) is 22.3 Å². The van der Waals surface area contributed by atoms with Crippen LogP contribution in [0.2, 0.25) is 0 Å². The van der Waals surface area contributed by atoms with Crippen LogP contribution in [-0.2, 0) is 24.5 Å². The molecule has 0 atom stereocenters. The number of rotatable bonds is 7. The lowest BCUT2D eigenvalue weighted by molar-refractivity contribution is -0.132. The van der Waals surface area contributed by atoms with Gasteiger partial charge in [0.1, 0.15) is 0 Å². The molecule has 0 aliphatic rings. The first-order valence-corrected chi connectivity index (χ1v) is 12.3. The Morgan fingerprint density at radius 1 is 0.815 bits per heavy atom. The highest BCUT2D eigenvalue weighted by Crippen LogP contribution is 2.22. The van der Waals surface area contributed by atoms with Crippen molar-refractivity contribution in [3.05, 3.63) is 57.5 Å². The number of nitrogens with one attached hydrogen (secondary N) is 1. The molecule has 0 heterocycles. The maximum absolute atomic E-state index is 12.6. The predicted molar refractivity (Wildman–Crippen MR) is 106 cm³/mol. The lowest BCUT2D eigenvalue weighted by atomic mass is 10.2. The minimum Gasteiger partial charge on any atom is -0.289 e. The maximum Gasteiger partial charge on any atom is 0.248 e. The lowest BCUT2D eigenvalue weighted by Crippen LogP contribution is -2.37. The van der Waals surface area contributed by atoms with E-state index < -0.39 is 43.0 Å². The highest BCUT2D eigenvalue weighted by atomic mass is 79.9. The van der Waals surface area contributed by atoms with E-state index in [0.29, 0.717) is 8.95 Å². The average Bonchev–Trinajstić information content (AvgIpc) is 2.60. The zero-order valence-electron chi connectivity index (χ0n) is 13.7. The number of carbonyl (C=O) groups is 1. The number of hydrogen-bond acceptors (Lipinski definition) is 6. The number of benzene rings is 2. The topological polar surface area (TPSA) is 118 Å². The van der Waals surface area contributed by atoms with E-state index in [2.05, 4.69) is 31.9 Å². The van der Waals surface area contributed by atoms with Crippen molar-refractivity contribution in [1.29, 1.82) is 0 Å². The van der Waals surface area contributed by atoms with Gasteiger partial charge >= 0.3 is 0 Å². The number of hydrogen-bond donors (Lipinski definition) is 2. The van der Waals surface area contributed by atoms with Crippen LogP contribution in [-0.4, -0.2) is 39.5 Å². The Balaban J connectivity index is 2.31. The molecule has 1 amide bonds. The van der Waals surface area contributed by atoms with Gasteiger partial charge in [-0.05, 0) is 48.5 Å². The first-order chi connectivity index (χ1) is 12.5. The minimum absolute atomic E-state index is 0.0533. The largest absolute Gasteiger partial charge is 0.289 e. The van der Waals surface area contributed by atoms with Crippen LogP contribution in [0, 0.1) is 5.92 Å². The van der Waals surface area contributed by atoms with E-state index >= 15 is 0 Å². The molecular formula is C16H15Br2NO6S2. The molecule has 0 saturated heterocycles. The fraction of sp³-hybridized carbons (Fsp3) is 0.188. The van der Waals surface area contributed by atoms with E-state index in [0.717, 1.165) is 0 Å². The van der Waals surface area contributed by atoms with Crippen LogP contribution in [0.3, 0.4) is 0 Å². The summed E-state index contributed by atoms with van der Waals surface area (Å²) >= 11 is 6.39. The maximum atomic E-state index is 12.6. The molecule has 0 radical (unpaired) electrons.